The fourth-order valence-electron chi connectivity index (χ4n) is 1.76. The molecule has 1 N–H and O–H groups in total. The van der Waals surface area contributed by atoms with Gasteiger partial charge in [0, 0.05) is 4.47 Å². The SMILES string of the molecule is CC(O)c1ccc(OCCOc2cccc(Br)c2)c(Cl)c1. The van der Waals surface area contributed by atoms with E-state index in [1.54, 1.807) is 25.1 Å². The number of aliphatic hydroxyl groups excluding tert-OH is 1. The number of ether oxygens (including phenoxy) is 2. The average Bonchev–Trinajstić information content (AvgIpc) is 2.45. The van der Waals surface area contributed by atoms with Crippen LogP contribution in [0.1, 0.15) is 18.6 Å². The van der Waals surface area contributed by atoms with E-state index in [2.05, 4.69) is 15.9 Å². The van der Waals surface area contributed by atoms with Crippen molar-refractivity contribution in [3.63, 3.8) is 0 Å². The highest BCUT2D eigenvalue weighted by Crippen LogP contribution is 2.27. The molecule has 0 fully saturated rings. The lowest BCUT2D eigenvalue weighted by molar-refractivity contribution is 0.198. The van der Waals surface area contributed by atoms with E-state index < -0.39 is 6.10 Å². The minimum atomic E-state index is -0.545. The number of aliphatic hydroxyl groups is 1. The molecule has 0 bridgehead atoms. The van der Waals surface area contributed by atoms with Crippen molar-refractivity contribution >= 4 is 27.5 Å². The van der Waals surface area contributed by atoms with Crippen LogP contribution in [-0.4, -0.2) is 18.3 Å². The Labute approximate surface area is 137 Å². The Morgan fingerprint density at radius 2 is 1.90 bits per heavy atom. The van der Waals surface area contributed by atoms with Gasteiger partial charge in [0.2, 0.25) is 0 Å². The highest BCUT2D eigenvalue weighted by molar-refractivity contribution is 9.10. The van der Waals surface area contributed by atoms with Crippen molar-refractivity contribution in [3.8, 4) is 11.5 Å². The lowest BCUT2D eigenvalue weighted by Gasteiger charge is -2.11. The summed E-state index contributed by atoms with van der Waals surface area (Å²) in [6, 6.07) is 12.9. The van der Waals surface area contributed by atoms with Gasteiger partial charge in [-0.1, -0.05) is 39.7 Å². The number of hydrogen-bond acceptors (Lipinski definition) is 3. The molecule has 2 rings (SSSR count). The van der Waals surface area contributed by atoms with Gasteiger partial charge in [-0.15, -0.1) is 0 Å². The minimum Gasteiger partial charge on any atom is -0.490 e. The van der Waals surface area contributed by atoms with Gasteiger partial charge < -0.3 is 14.6 Å². The topological polar surface area (TPSA) is 38.7 Å². The van der Waals surface area contributed by atoms with Crippen molar-refractivity contribution in [2.24, 2.45) is 0 Å². The molecular formula is C16H16BrClO3. The fourth-order valence-corrected chi connectivity index (χ4v) is 2.38. The van der Waals surface area contributed by atoms with Crippen LogP contribution in [0, 0.1) is 0 Å². The normalized spacial score (nSPS) is 12.0. The van der Waals surface area contributed by atoms with Crippen molar-refractivity contribution < 1.29 is 14.6 Å². The summed E-state index contributed by atoms with van der Waals surface area (Å²) in [6.07, 6.45) is -0.545. The molecule has 2 aromatic carbocycles. The molecule has 0 saturated carbocycles. The summed E-state index contributed by atoms with van der Waals surface area (Å²) in [5.74, 6) is 1.36. The summed E-state index contributed by atoms with van der Waals surface area (Å²) < 4.78 is 12.1. The Hall–Kier alpha value is -1.23. The lowest BCUT2D eigenvalue weighted by Crippen LogP contribution is -2.09. The molecule has 0 aliphatic heterocycles. The van der Waals surface area contributed by atoms with Gasteiger partial charge in [-0.25, -0.2) is 0 Å². The maximum Gasteiger partial charge on any atom is 0.138 e. The molecule has 0 aromatic heterocycles. The third-order valence-corrected chi connectivity index (χ3v) is 3.63. The van der Waals surface area contributed by atoms with E-state index in [4.69, 9.17) is 21.1 Å². The first-order valence-corrected chi connectivity index (χ1v) is 7.72. The minimum absolute atomic E-state index is 0.389. The third kappa shape index (κ3) is 4.92. The lowest BCUT2D eigenvalue weighted by atomic mass is 10.1. The van der Waals surface area contributed by atoms with Crippen LogP contribution in [0.15, 0.2) is 46.9 Å². The van der Waals surface area contributed by atoms with Crippen LogP contribution in [0.4, 0.5) is 0 Å². The summed E-state index contributed by atoms with van der Waals surface area (Å²) in [6.45, 7) is 2.50. The Morgan fingerprint density at radius 1 is 1.14 bits per heavy atom. The Bertz CT molecular complexity index is 602. The van der Waals surface area contributed by atoms with E-state index in [0.717, 1.165) is 15.8 Å². The largest absolute Gasteiger partial charge is 0.490 e. The molecule has 0 amide bonds. The number of halogens is 2. The molecule has 3 nitrogen and oxygen atoms in total. The Morgan fingerprint density at radius 3 is 2.57 bits per heavy atom. The first kappa shape index (κ1) is 16.1. The first-order valence-electron chi connectivity index (χ1n) is 6.55. The monoisotopic (exact) mass is 370 g/mol. The summed E-state index contributed by atoms with van der Waals surface area (Å²) in [5.41, 5.74) is 0.762. The molecule has 0 heterocycles. The van der Waals surface area contributed by atoms with E-state index in [1.807, 2.05) is 24.3 Å². The van der Waals surface area contributed by atoms with E-state index in [9.17, 15) is 5.11 Å². The van der Waals surface area contributed by atoms with Gasteiger partial charge in [-0.05, 0) is 42.8 Å². The van der Waals surface area contributed by atoms with Crippen LogP contribution in [0.25, 0.3) is 0 Å². The molecule has 0 spiro atoms. The zero-order valence-corrected chi connectivity index (χ0v) is 13.9. The summed E-state index contributed by atoms with van der Waals surface area (Å²) >= 11 is 9.49. The molecular weight excluding hydrogens is 356 g/mol. The van der Waals surface area contributed by atoms with Gasteiger partial charge in [0.15, 0.2) is 0 Å². The van der Waals surface area contributed by atoms with Crippen molar-refractivity contribution in [1.82, 2.24) is 0 Å². The quantitative estimate of drug-likeness (QED) is 0.753. The van der Waals surface area contributed by atoms with Gasteiger partial charge in [0.25, 0.3) is 0 Å². The van der Waals surface area contributed by atoms with E-state index in [-0.39, 0.29) is 0 Å². The van der Waals surface area contributed by atoms with Crippen LogP contribution in [0.3, 0.4) is 0 Å². The molecule has 5 heteroatoms. The second-order valence-corrected chi connectivity index (χ2v) is 5.84. The van der Waals surface area contributed by atoms with E-state index in [0.29, 0.717) is 24.0 Å². The van der Waals surface area contributed by atoms with Crippen LogP contribution in [-0.2, 0) is 0 Å². The second-order valence-electron chi connectivity index (χ2n) is 4.52. The van der Waals surface area contributed by atoms with Gasteiger partial charge in [0.05, 0.1) is 11.1 Å². The van der Waals surface area contributed by atoms with Crippen molar-refractivity contribution in [2.45, 2.75) is 13.0 Å². The molecule has 0 aliphatic carbocycles. The van der Waals surface area contributed by atoms with Crippen LogP contribution in [0.5, 0.6) is 11.5 Å². The van der Waals surface area contributed by atoms with Crippen LogP contribution < -0.4 is 9.47 Å². The first-order chi connectivity index (χ1) is 10.1. The highest BCUT2D eigenvalue weighted by atomic mass is 79.9. The Kier molecular flexibility index (Phi) is 5.91. The maximum absolute atomic E-state index is 9.48. The Balaban J connectivity index is 1.83. The molecule has 112 valence electrons. The van der Waals surface area contributed by atoms with Crippen molar-refractivity contribution in [2.75, 3.05) is 13.2 Å². The van der Waals surface area contributed by atoms with E-state index in [1.165, 1.54) is 0 Å². The van der Waals surface area contributed by atoms with E-state index >= 15 is 0 Å². The molecule has 1 atom stereocenters. The highest BCUT2D eigenvalue weighted by Gasteiger charge is 2.06. The zero-order chi connectivity index (χ0) is 15.2. The van der Waals surface area contributed by atoms with Gasteiger partial charge in [-0.2, -0.15) is 0 Å². The molecule has 2 aromatic rings. The third-order valence-electron chi connectivity index (χ3n) is 2.84. The van der Waals surface area contributed by atoms with Crippen LogP contribution in [0.2, 0.25) is 5.02 Å². The maximum atomic E-state index is 9.48. The average molecular weight is 372 g/mol. The van der Waals surface area contributed by atoms with Crippen LogP contribution >= 0.6 is 27.5 Å². The molecule has 0 saturated heterocycles. The predicted octanol–water partition coefficient (Wildman–Crippen LogP) is 4.61. The smallest absolute Gasteiger partial charge is 0.138 e. The molecule has 0 aliphatic rings. The number of rotatable bonds is 6. The van der Waals surface area contributed by atoms with Crippen molar-refractivity contribution in [3.05, 3.63) is 57.5 Å². The zero-order valence-electron chi connectivity index (χ0n) is 11.6. The summed E-state index contributed by atoms with van der Waals surface area (Å²) in [5, 5.41) is 9.96. The summed E-state index contributed by atoms with van der Waals surface area (Å²) in [4.78, 5) is 0. The summed E-state index contributed by atoms with van der Waals surface area (Å²) in [7, 11) is 0. The molecule has 0 radical (unpaired) electrons. The number of hydrogen-bond donors (Lipinski definition) is 1. The molecule has 1 unspecified atom stereocenters. The van der Waals surface area contributed by atoms with Gasteiger partial charge in [0.1, 0.15) is 24.7 Å². The van der Waals surface area contributed by atoms with Gasteiger partial charge >= 0.3 is 0 Å². The number of benzene rings is 2. The second kappa shape index (κ2) is 7.69. The predicted molar refractivity (Wildman–Crippen MR) is 87.2 cm³/mol. The fraction of sp³-hybridized carbons (Fsp3) is 0.250. The van der Waals surface area contributed by atoms with Crippen molar-refractivity contribution in [1.29, 1.82) is 0 Å². The van der Waals surface area contributed by atoms with Gasteiger partial charge in [-0.3, -0.25) is 0 Å². The molecule has 21 heavy (non-hydrogen) atoms. The standard InChI is InChI=1S/C16H16BrClO3/c1-11(19)12-5-6-16(15(18)9-12)21-8-7-20-14-4-2-3-13(17)10-14/h2-6,9-11,19H,7-8H2,1H3.